The van der Waals surface area contributed by atoms with Gasteiger partial charge in [-0.2, -0.15) is 4.31 Å². The Morgan fingerprint density at radius 3 is 2.80 bits per heavy atom. The zero-order valence-corrected chi connectivity index (χ0v) is 12.3. The first-order chi connectivity index (χ1) is 9.45. The highest BCUT2D eigenvalue weighted by Gasteiger charge is 2.28. The molecule has 0 aliphatic carbocycles. The van der Waals surface area contributed by atoms with Crippen LogP contribution in [0.2, 0.25) is 0 Å². The van der Waals surface area contributed by atoms with Crippen LogP contribution in [0.1, 0.15) is 19.8 Å². The normalized spacial score (nSPS) is 19.6. The van der Waals surface area contributed by atoms with E-state index in [1.807, 2.05) is 0 Å². The summed E-state index contributed by atoms with van der Waals surface area (Å²) in [7, 11) is -3.62. The summed E-state index contributed by atoms with van der Waals surface area (Å²) in [6.07, 6.45) is 1.80. The molecule has 1 atom stereocenters. The van der Waals surface area contributed by atoms with Gasteiger partial charge < -0.3 is 15.6 Å². The number of nitrogens with zero attached hydrogens (tertiary/aromatic N) is 1. The number of aromatic hydroxyl groups is 1. The van der Waals surface area contributed by atoms with Crippen molar-refractivity contribution in [3.05, 3.63) is 18.2 Å². The molecule has 0 amide bonds. The van der Waals surface area contributed by atoms with E-state index in [4.69, 9.17) is 10.5 Å². The summed E-state index contributed by atoms with van der Waals surface area (Å²) in [5, 5.41) is 9.38. The molecule has 112 valence electrons. The highest BCUT2D eigenvalue weighted by molar-refractivity contribution is 7.89. The second-order valence-corrected chi connectivity index (χ2v) is 6.75. The van der Waals surface area contributed by atoms with Crippen molar-refractivity contribution in [3.8, 4) is 5.75 Å². The molecule has 1 aromatic carbocycles. The van der Waals surface area contributed by atoms with Crippen LogP contribution in [0.25, 0.3) is 0 Å². The number of rotatable bonds is 5. The van der Waals surface area contributed by atoms with Crippen LogP contribution in [0.4, 0.5) is 5.69 Å². The maximum absolute atomic E-state index is 12.5. The molecule has 1 aliphatic rings. The number of phenolic OH excluding ortho intramolecular Hbond substituents is 1. The lowest BCUT2D eigenvalue weighted by Crippen LogP contribution is -2.37. The van der Waals surface area contributed by atoms with Crippen molar-refractivity contribution in [2.24, 2.45) is 0 Å². The fourth-order valence-electron chi connectivity index (χ4n) is 2.25. The van der Waals surface area contributed by atoms with Crippen LogP contribution in [-0.4, -0.2) is 43.6 Å². The van der Waals surface area contributed by atoms with Gasteiger partial charge in [0.1, 0.15) is 5.75 Å². The molecule has 20 heavy (non-hydrogen) atoms. The molecule has 0 spiro atoms. The van der Waals surface area contributed by atoms with Crippen molar-refractivity contribution < 1.29 is 18.3 Å². The zero-order chi connectivity index (χ0) is 14.8. The van der Waals surface area contributed by atoms with Crippen LogP contribution in [0.15, 0.2) is 23.1 Å². The summed E-state index contributed by atoms with van der Waals surface area (Å²) in [6.45, 7) is 3.19. The van der Waals surface area contributed by atoms with E-state index >= 15 is 0 Å². The average molecular weight is 300 g/mol. The van der Waals surface area contributed by atoms with Gasteiger partial charge in [0.05, 0.1) is 16.7 Å². The van der Waals surface area contributed by atoms with Gasteiger partial charge in [0, 0.05) is 19.7 Å². The third kappa shape index (κ3) is 3.05. The molecule has 1 aromatic rings. The minimum Gasteiger partial charge on any atom is -0.506 e. The van der Waals surface area contributed by atoms with Crippen molar-refractivity contribution in [2.75, 3.05) is 25.4 Å². The summed E-state index contributed by atoms with van der Waals surface area (Å²) >= 11 is 0. The fourth-order valence-corrected chi connectivity index (χ4v) is 3.77. The number of nitrogens with two attached hydrogens (primary N) is 1. The van der Waals surface area contributed by atoms with Gasteiger partial charge in [-0.3, -0.25) is 0 Å². The van der Waals surface area contributed by atoms with Crippen LogP contribution in [-0.2, 0) is 14.8 Å². The summed E-state index contributed by atoms with van der Waals surface area (Å²) in [5.74, 6) is -0.119. The van der Waals surface area contributed by atoms with Crippen molar-refractivity contribution in [3.63, 3.8) is 0 Å². The molecular formula is C13H20N2O4S. The molecule has 3 N–H and O–H groups in total. The molecule has 2 rings (SSSR count). The second kappa shape index (κ2) is 5.99. The Balaban J connectivity index is 2.23. The van der Waals surface area contributed by atoms with Crippen molar-refractivity contribution in [1.82, 2.24) is 4.31 Å². The standard InChI is InChI=1S/C13H20N2O4S/c1-2-15(9-10-4-3-7-19-10)20(17,18)11-5-6-13(16)12(14)8-11/h5-6,8,10,16H,2-4,7,9,14H2,1H3. The quantitative estimate of drug-likeness (QED) is 0.629. The van der Waals surface area contributed by atoms with Gasteiger partial charge >= 0.3 is 0 Å². The van der Waals surface area contributed by atoms with Gasteiger partial charge in [0.25, 0.3) is 0 Å². The molecule has 1 heterocycles. The van der Waals surface area contributed by atoms with Crippen LogP contribution in [0.5, 0.6) is 5.75 Å². The summed E-state index contributed by atoms with van der Waals surface area (Å²) in [4.78, 5) is 0.0904. The highest BCUT2D eigenvalue weighted by atomic mass is 32.2. The number of hydrogen-bond donors (Lipinski definition) is 2. The minimum absolute atomic E-state index is 0.0424. The molecule has 7 heteroatoms. The Morgan fingerprint density at radius 1 is 1.50 bits per heavy atom. The number of nitrogen functional groups attached to an aromatic ring is 1. The van der Waals surface area contributed by atoms with E-state index in [1.54, 1.807) is 6.92 Å². The lowest BCUT2D eigenvalue weighted by atomic mass is 10.2. The van der Waals surface area contributed by atoms with Gasteiger partial charge in [0.2, 0.25) is 10.0 Å². The predicted octanol–water partition coefficient (Wildman–Crippen LogP) is 1.16. The molecule has 1 saturated heterocycles. The molecule has 6 nitrogen and oxygen atoms in total. The Bertz CT molecular complexity index is 568. The van der Waals surface area contributed by atoms with Gasteiger partial charge in [-0.1, -0.05) is 6.92 Å². The molecule has 0 radical (unpaired) electrons. The van der Waals surface area contributed by atoms with Crippen LogP contribution in [0.3, 0.4) is 0 Å². The maximum atomic E-state index is 12.5. The van der Waals surface area contributed by atoms with Crippen LogP contribution >= 0.6 is 0 Å². The van der Waals surface area contributed by atoms with E-state index in [0.717, 1.165) is 12.8 Å². The Labute approximate surface area is 119 Å². The van der Waals surface area contributed by atoms with E-state index in [1.165, 1.54) is 22.5 Å². The first-order valence-corrected chi connectivity index (χ1v) is 8.09. The lowest BCUT2D eigenvalue weighted by molar-refractivity contribution is 0.0947. The molecular weight excluding hydrogens is 280 g/mol. The largest absolute Gasteiger partial charge is 0.506 e. The topological polar surface area (TPSA) is 92.9 Å². The number of sulfonamides is 1. The monoisotopic (exact) mass is 300 g/mol. The lowest BCUT2D eigenvalue weighted by Gasteiger charge is -2.23. The smallest absolute Gasteiger partial charge is 0.243 e. The summed E-state index contributed by atoms with van der Waals surface area (Å²) in [6, 6.07) is 3.93. The second-order valence-electron chi connectivity index (χ2n) is 4.81. The average Bonchev–Trinajstić information content (AvgIpc) is 2.91. The summed E-state index contributed by atoms with van der Waals surface area (Å²) in [5.41, 5.74) is 5.62. The number of phenols is 1. The third-order valence-electron chi connectivity index (χ3n) is 3.42. The molecule has 1 aliphatic heterocycles. The van der Waals surface area contributed by atoms with E-state index in [0.29, 0.717) is 19.7 Å². The van der Waals surface area contributed by atoms with Gasteiger partial charge in [-0.15, -0.1) is 0 Å². The Hall–Kier alpha value is -1.31. The molecule has 1 unspecified atom stereocenters. The van der Waals surface area contributed by atoms with E-state index in [-0.39, 0.29) is 22.4 Å². The summed E-state index contributed by atoms with van der Waals surface area (Å²) < 4.78 is 32.0. The predicted molar refractivity (Wildman–Crippen MR) is 75.9 cm³/mol. The maximum Gasteiger partial charge on any atom is 0.243 e. The first kappa shape index (κ1) is 15.1. The molecule has 1 fully saturated rings. The first-order valence-electron chi connectivity index (χ1n) is 6.65. The molecule has 0 saturated carbocycles. The number of hydrogen-bond acceptors (Lipinski definition) is 5. The van der Waals surface area contributed by atoms with Crippen molar-refractivity contribution in [1.29, 1.82) is 0 Å². The molecule has 0 bridgehead atoms. The van der Waals surface area contributed by atoms with Crippen molar-refractivity contribution >= 4 is 15.7 Å². The number of benzene rings is 1. The van der Waals surface area contributed by atoms with E-state index in [9.17, 15) is 13.5 Å². The Kier molecular flexibility index (Phi) is 4.52. The zero-order valence-electron chi connectivity index (χ0n) is 11.4. The number of anilines is 1. The van der Waals surface area contributed by atoms with Crippen LogP contribution < -0.4 is 5.73 Å². The SMILES string of the molecule is CCN(CC1CCCO1)S(=O)(=O)c1ccc(O)c(N)c1. The molecule has 0 aromatic heterocycles. The van der Waals surface area contributed by atoms with Crippen molar-refractivity contribution in [2.45, 2.75) is 30.8 Å². The number of likely N-dealkylation sites (N-methyl/N-ethyl adjacent to an activating group) is 1. The van der Waals surface area contributed by atoms with Gasteiger partial charge in [-0.25, -0.2) is 8.42 Å². The minimum atomic E-state index is -3.62. The van der Waals surface area contributed by atoms with E-state index < -0.39 is 10.0 Å². The van der Waals surface area contributed by atoms with E-state index in [2.05, 4.69) is 0 Å². The number of ether oxygens (including phenoxy) is 1. The third-order valence-corrected chi connectivity index (χ3v) is 5.36. The fraction of sp³-hybridized carbons (Fsp3) is 0.538. The van der Waals surface area contributed by atoms with Crippen LogP contribution in [0, 0.1) is 0 Å². The Morgan fingerprint density at radius 2 is 2.25 bits per heavy atom. The van der Waals surface area contributed by atoms with Gasteiger partial charge in [-0.05, 0) is 31.0 Å². The van der Waals surface area contributed by atoms with Gasteiger partial charge in [0.15, 0.2) is 0 Å². The highest BCUT2D eigenvalue weighted by Crippen LogP contribution is 2.26.